The highest BCUT2D eigenvalue weighted by Crippen LogP contribution is 2.29. The summed E-state index contributed by atoms with van der Waals surface area (Å²) in [7, 11) is 0. The fourth-order valence-corrected chi connectivity index (χ4v) is 1.89. The van der Waals surface area contributed by atoms with Crippen LogP contribution in [0.5, 0.6) is 0 Å². The minimum atomic E-state index is -0.487. The van der Waals surface area contributed by atoms with Crippen molar-refractivity contribution < 1.29 is 8.78 Å². The molecule has 0 atom stereocenters. The summed E-state index contributed by atoms with van der Waals surface area (Å²) in [6, 6.07) is 8.25. The summed E-state index contributed by atoms with van der Waals surface area (Å²) in [5, 5.41) is 0.519. The van der Waals surface area contributed by atoms with Crippen molar-refractivity contribution in [1.29, 1.82) is 0 Å². The lowest BCUT2D eigenvalue weighted by Crippen LogP contribution is -2.00. The molecule has 2 aromatic carbocycles. The largest absolute Gasteiger partial charge is 0.326 e. The van der Waals surface area contributed by atoms with Crippen LogP contribution in [0.15, 0.2) is 36.4 Å². The highest BCUT2D eigenvalue weighted by atomic mass is 35.5. The lowest BCUT2D eigenvalue weighted by molar-refractivity contribution is 0.603. The first-order valence-corrected chi connectivity index (χ1v) is 5.43. The minimum absolute atomic E-state index is 0.196. The van der Waals surface area contributed by atoms with Crippen LogP contribution in [0.2, 0.25) is 5.02 Å². The highest BCUT2D eigenvalue weighted by Gasteiger charge is 2.10. The Bertz CT molecular complexity index is 555. The maximum absolute atomic E-state index is 13.6. The first kappa shape index (κ1) is 12.0. The molecule has 0 heterocycles. The third-order valence-corrected chi connectivity index (χ3v) is 2.74. The molecular weight excluding hydrogens is 244 g/mol. The van der Waals surface area contributed by atoms with Gasteiger partial charge in [0.05, 0.1) is 0 Å². The van der Waals surface area contributed by atoms with Gasteiger partial charge in [0.1, 0.15) is 11.6 Å². The van der Waals surface area contributed by atoms with Crippen molar-refractivity contribution in [3.63, 3.8) is 0 Å². The molecule has 88 valence electrons. The molecule has 0 unspecified atom stereocenters. The van der Waals surface area contributed by atoms with Gasteiger partial charge in [0.15, 0.2) is 0 Å². The van der Waals surface area contributed by atoms with Gasteiger partial charge < -0.3 is 5.73 Å². The smallest absolute Gasteiger partial charge is 0.131 e. The molecule has 17 heavy (non-hydrogen) atoms. The normalized spacial score (nSPS) is 10.6. The number of halogens is 3. The molecule has 0 aliphatic rings. The summed E-state index contributed by atoms with van der Waals surface area (Å²) in [4.78, 5) is 0. The highest BCUT2D eigenvalue weighted by molar-refractivity contribution is 6.30. The maximum Gasteiger partial charge on any atom is 0.131 e. The molecule has 0 aromatic heterocycles. The van der Waals surface area contributed by atoms with E-state index in [2.05, 4.69) is 0 Å². The molecule has 0 saturated carbocycles. The standard InChI is InChI=1S/C13H10ClF2N/c14-9-1-3-11(8(5-9)7-17)12-6-10(15)2-4-13(12)16/h1-6H,7,17H2. The van der Waals surface area contributed by atoms with Crippen LogP contribution < -0.4 is 5.73 Å². The average Bonchev–Trinajstić information content (AvgIpc) is 2.32. The van der Waals surface area contributed by atoms with Gasteiger partial charge in [-0.25, -0.2) is 8.78 Å². The molecule has 2 N–H and O–H groups in total. The molecule has 0 spiro atoms. The van der Waals surface area contributed by atoms with E-state index < -0.39 is 11.6 Å². The van der Waals surface area contributed by atoms with Gasteiger partial charge in [-0.2, -0.15) is 0 Å². The van der Waals surface area contributed by atoms with Crippen LogP contribution in [0.1, 0.15) is 5.56 Å². The Labute approximate surface area is 103 Å². The molecule has 0 radical (unpaired) electrons. The van der Waals surface area contributed by atoms with Crippen molar-refractivity contribution in [2.45, 2.75) is 6.54 Å². The molecule has 2 rings (SSSR count). The fraction of sp³-hybridized carbons (Fsp3) is 0.0769. The summed E-state index contributed by atoms with van der Waals surface area (Å²) in [5.41, 5.74) is 7.01. The Kier molecular flexibility index (Phi) is 3.41. The van der Waals surface area contributed by atoms with Gasteiger partial charge >= 0.3 is 0 Å². The molecule has 0 amide bonds. The topological polar surface area (TPSA) is 26.0 Å². The predicted molar refractivity (Wildman–Crippen MR) is 64.7 cm³/mol. The first-order chi connectivity index (χ1) is 8.11. The van der Waals surface area contributed by atoms with Crippen molar-refractivity contribution in [1.82, 2.24) is 0 Å². The van der Waals surface area contributed by atoms with E-state index in [0.29, 0.717) is 16.1 Å². The zero-order valence-corrected chi connectivity index (χ0v) is 9.64. The second-order valence-electron chi connectivity index (χ2n) is 3.63. The Morgan fingerprint density at radius 1 is 1.00 bits per heavy atom. The van der Waals surface area contributed by atoms with Gasteiger partial charge in [-0.05, 0) is 41.5 Å². The zero-order chi connectivity index (χ0) is 12.4. The Balaban J connectivity index is 2.63. The fourth-order valence-electron chi connectivity index (χ4n) is 1.70. The molecular formula is C13H10ClF2N. The lowest BCUT2D eigenvalue weighted by Gasteiger charge is -2.09. The van der Waals surface area contributed by atoms with Crippen molar-refractivity contribution in [3.05, 3.63) is 58.6 Å². The minimum Gasteiger partial charge on any atom is -0.326 e. The summed E-state index contributed by atoms with van der Waals surface area (Å²) >= 11 is 5.83. The third-order valence-electron chi connectivity index (χ3n) is 2.51. The second kappa shape index (κ2) is 4.82. The van der Waals surface area contributed by atoms with E-state index >= 15 is 0 Å². The van der Waals surface area contributed by atoms with Gasteiger partial charge in [-0.1, -0.05) is 17.7 Å². The molecule has 0 saturated heterocycles. The predicted octanol–water partition coefficient (Wildman–Crippen LogP) is 3.74. The van der Waals surface area contributed by atoms with Crippen molar-refractivity contribution in [3.8, 4) is 11.1 Å². The van der Waals surface area contributed by atoms with Gasteiger partial charge in [-0.3, -0.25) is 0 Å². The monoisotopic (exact) mass is 253 g/mol. The summed E-state index contributed by atoms with van der Waals surface area (Å²) in [6.45, 7) is 0.214. The number of benzene rings is 2. The molecule has 0 aliphatic heterocycles. The average molecular weight is 254 g/mol. The van der Waals surface area contributed by atoms with E-state index in [1.165, 1.54) is 0 Å². The van der Waals surface area contributed by atoms with Crippen LogP contribution >= 0.6 is 11.6 Å². The Hall–Kier alpha value is -1.45. The molecule has 0 aliphatic carbocycles. The summed E-state index contributed by atoms with van der Waals surface area (Å²) < 4.78 is 26.8. The van der Waals surface area contributed by atoms with E-state index in [-0.39, 0.29) is 12.1 Å². The zero-order valence-electron chi connectivity index (χ0n) is 8.88. The van der Waals surface area contributed by atoms with Gasteiger partial charge in [0, 0.05) is 17.1 Å². The molecule has 0 fully saturated rings. The number of nitrogens with two attached hydrogens (primary N) is 1. The lowest BCUT2D eigenvalue weighted by atomic mass is 9.99. The van der Waals surface area contributed by atoms with Gasteiger partial charge in [0.25, 0.3) is 0 Å². The van der Waals surface area contributed by atoms with E-state index in [1.54, 1.807) is 18.2 Å². The van der Waals surface area contributed by atoms with E-state index in [1.807, 2.05) is 0 Å². The van der Waals surface area contributed by atoms with E-state index in [4.69, 9.17) is 17.3 Å². The Morgan fingerprint density at radius 2 is 1.76 bits per heavy atom. The molecule has 2 aromatic rings. The van der Waals surface area contributed by atoms with Crippen LogP contribution in [-0.2, 0) is 6.54 Å². The second-order valence-corrected chi connectivity index (χ2v) is 4.07. The first-order valence-electron chi connectivity index (χ1n) is 5.05. The molecule has 1 nitrogen and oxygen atoms in total. The van der Waals surface area contributed by atoms with Crippen LogP contribution in [0.3, 0.4) is 0 Å². The van der Waals surface area contributed by atoms with Crippen molar-refractivity contribution in [2.24, 2.45) is 5.73 Å². The number of hydrogen-bond acceptors (Lipinski definition) is 1. The molecule has 4 heteroatoms. The summed E-state index contributed by atoms with van der Waals surface area (Å²) in [5.74, 6) is -0.970. The molecule has 0 bridgehead atoms. The van der Waals surface area contributed by atoms with Crippen molar-refractivity contribution >= 4 is 11.6 Å². The van der Waals surface area contributed by atoms with Gasteiger partial charge in [-0.15, -0.1) is 0 Å². The van der Waals surface area contributed by atoms with E-state index in [0.717, 1.165) is 18.2 Å². The van der Waals surface area contributed by atoms with E-state index in [9.17, 15) is 8.78 Å². The number of hydrogen-bond donors (Lipinski definition) is 1. The van der Waals surface area contributed by atoms with Crippen molar-refractivity contribution in [2.75, 3.05) is 0 Å². The van der Waals surface area contributed by atoms with Gasteiger partial charge in [0.2, 0.25) is 0 Å². The summed E-state index contributed by atoms with van der Waals surface area (Å²) in [6.07, 6.45) is 0. The maximum atomic E-state index is 13.6. The van der Waals surface area contributed by atoms with Crippen LogP contribution in [-0.4, -0.2) is 0 Å². The van der Waals surface area contributed by atoms with Crippen LogP contribution in [0.25, 0.3) is 11.1 Å². The number of rotatable bonds is 2. The van der Waals surface area contributed by atoms with Crippen LogP contribution in [0.4, 0.5) is 8.78 Å². The SMILES string of the molecule is NCc1cc(Cl)ccc1-c1cc(F)ccc1F. The Morgan fingerprint density at radius 3 is 2.47 bits per heavy atom. The third kappa shape index (κ3) is 2.46. The quantitative estimate of drug-likeness (QED) is 0.867. The van der Waals surface area contributed by atoms with Crippen LogP contribution in [0, 0.1) is 11.6 Å².